The van der Waals surface area contributed by atoms with Gasteiger partial charge in [-0.25, -0.2) is 0 Å². The van der Waals surface area contributed by atoms with E-state index in [-0.39, 0.29) is 5.78 Å². The van der Waals surface area contributed by atoms with Crippen molar-refractivity contribution in [2.75, 3.05) is 19.1 Å². The smallest absolute Gasteiger partial charge is 0.199 e. The predicted molar refractivity (Wildman–Crippen MR) is 81.6 cm³/mol. The predicted octanol–water partition coefficient (Wildman–Crippen LogP) is 2.91. The Bertz CT molecular complexity index is 645. The van der Waals surface area contributed by atoms with Crippen LogP contribution in [0, 0.1) is 11.3 Å². The first-order valence-corrected chi connectivity index (χ1v) is 6.53. The molecule has 21 heavy (non-hydrogen) atoms. The maximum atomic E-state index is 12.5. The number of para-hydroxylation sites is 1. The fraction of sp³-hybridized carbons (Fsp3) is 0.176. The maximum absolute atomic E-state index is 12.5. The van der Waals surface area contributed by atoms with E-state index in [2.05, 4.69) is 6.07 Å². The molecule has 0 fully saturated rings. The first-order valence-electron chi connectivity index (χ1n) is 6.53. The lowest BCUT2D eigenvalue weighted by molar-refractivity contribution is 0.0979. The van der Waals surface area contributed by atoms with Crippen LogP contribution in [-0.4, -0.2) is 26.0 Å². The molecule has 0 spiro atoms. The molecule has 0 aliphatic rings. The van der Waals surface area contributed by atoms with E-state index in [9.17, 15) is 10.1 Å². The van der Waals surface area contributed by atoms with Crippen LogP contribution < -0.4 is 9.64 Å². The van der Waals surface area contributed by atoms with Crippen LogP contribution in [-0.2, 0) is 0 Å². The summed E-state index contributed by atoms with van der Waals surface area (Å²) < 4.78 is 5.07. The normalized spacial score (nSPS) is 11.3. The molecular formula is C17H16N2O2. The lowest BCUT2D eigenvalue weighted by Gasteiger charge is -2.23. The lowest BCUT2D eigenvalue weighted by Crippen LogP contribution is -2.37. The Balaban J connectivity index is 2.24. The van der Waals surface area contributed by atoms with E-state index in [1.54, 1.807) is 43.3 Å². The number of nitriles is 1. The third-order valence-electron chi connectivity index (χ3n) is 3.30. The number of anilines is 1. The van der Waals surface area contributed by atoms with Gasteiger partial charge in [0.1, 0.15) is 5.75 Å². The molecule has 0 N–H and O–H groups in total. The molecule has 0 saturated heterocycles. The monoisotopic (exact) mass is 280 g/mol. The zero-order chi connectivity index (χ0) is 15.2. The molecule has 0 aliphatic heterocycles. The second kappa shape index (κ2) is 6.58. The fourth-order valence-electron chi connectivity index (χ4n) is 2.05. The van der Waals surface area contributed by atoms with Crippen molar-refractivity contribution in [2.24, 2.45) is 0 Å². The van der Waals surface area contributed by atoms with E-state index < -0.39 is 6.04 Å². The van der Waals surface area contributed by atoms with Crippen molar-refractivity contribution in [1.29, 1.82) is 5.26 Å². The van der Waals surface area contributed by atoms with E-state index in [1.807, 2.05) is 30.3 Å². The summed E-state index contributed by atoms with van der Waals surface area (Å²) in [5.41, 5.74) is 1.32. The molecule has 0 saturated carbocycles. The van der Waals surface area contributed by atoms with Crippen LogP contribution in [0.5, 0.6) is 5.75 Å². The van der Waals surface area contributed by atoms with Gasteiger partial charge in [0, 0.05) is 18.3 Å². The van der Waals surface area contributed by atoms with Gasteiger partial charge in [0.15, 0.2) is 11.8 Å². The molecule has 4 heteroatoms. The van der Waals surface area contributed by atoms with Crippen LogP contribution in [0.15, 0.2) is 54.6 Å². The number of carbonyl (C=O) groups excluding carboxylic acids is 1. The van der Waals surface area contributed by atoms with Gasteiger partial charge in [0.05, 0.1) is 13.2 Å². The summed E-state index contributed by atoms with van der Waals surface area (Å²) >= 11 is 0. The second-order valence-corrected chi connectivity index (χ2v) is 4.57. The molecule has 0 aromatic heterocycles. The van der Waals surface area contributed by atoms with E-state index >= 15 is 0 Å². The molecule has 0 radical (unpaired) electrons. The molecule has 106 valence electrons. The topological polar surface area (TPSA) is 53.3 Å². The average Bonchev–Trinajstić information content (AvgIpc) is 2.56. The molecular weight excluding hydrogens is 264 g/mol. The van der Waals surface area contributed by atoms with Crippen LogP contribution in [0.3, 0.4) is 0 Å². The molecule has 0 amide bonds. The van der Waals surface area contributed by atoms with Gasteiger partial charge in [-0.2, -0.15) is 5.26 Å². The molecule has 2 aromatic rings. The number of Topliss-reactive ketones (excluding diaryl/α,β-unsaturated/α-hetero) is 1. The van der Waals surface area contributed by atoms with Gasteiger partial charge < -0.3 is 9.64 Å². The van der Waals surface area contributed by atoms with Gasteiger partial charge in [0.25, 0.3) is 0 Å². The first kappa shape index (κ1) is 14.6. The highest BCUT2D eigenvalue weighted by Crippen LogP contribution is 2.18. The minimum Gasteiger partial charge on any atom is -0.497 e. The number of hydrogen-bond donors (Lipinski definition) is 0. The molecule has 0 bridgehead atoms. The zero-order valence-electron chi connectivity index (χ0n) is 12.0. The number of nitrogens with zero attached hydrogens (tertiary/aromatic N) is 2. The highest BCUT2D eigenvalue weighted by atomic mass is 16.5. The van der Waals surface area contributed by atoms with Gasteiger partial charge in [-0.15, -0.1) is 0 Å². The van der Waals surface area contributed by atoms with Crippen molar-refractivity contribution >= 4 is 11.5 Å². The summed E-state index contributed by atoms with van der Waals surface area (Å²) in [5.74, 6) is 0.447. The van der Waals surface area contributed by atoms with Crippen LogP contribution in [0.4, 0.5) is 5.69 Å². The number of hydrogen-bond acceptors (Lipinski definition) is 4. The average molecular weight is 280 g/mol. The van der Waals surface area contributed by atoms with E-state index in [0.29, 0.717) is 11.3 Å². The first-order chi connectivity index (χ1) is 10.2. The summed E-state index contributed by atoms with van der Waals surface area (Å²) in [6.45, 7) is 0. The van der Waals surface area contributed by atoms with Gasteiger partial charge in [-0.1, -0.05) is 18.2 Å². The summed E-state index contributed by atoms with van der Waals surface area (Å²) in [5, 5.41) is 9.35. The van der Waals surface area contributed by atoms with Gasteiger partial charge >= 0.3 is 0 Å². The van der Waals surface area contributed by atoms with Gasteiger partial charge in [-0.3, -0.25) is 4.79 Å². The number of ketones is 1. The Kier molecular flexibility index (Phi) is 4.57. The summed E-state index contributed by atoms with van der Waals surface area (Å²) in [6, 6.07) is 17.4. The van der Waals surface area contributed by atoms with Crippen LogP contribution in [0.1, 0.15) is 10.4 Å². The number of methoxy groups -OCH3 is 1. The van der Waals surface area contributed by atoms with Gasteiger partial charge in [-0.05, 0) is 36.4 Å². The second-order valence-electron chi connectivity index (χ2n) is 4.57. The van der Waals surface area contributed by atoms with Crippen molar-refractivity contribution in [3.63, 3.8) is 0 Å². The minimum absolute atomic E-state index is 0.230. The quantitative estimate of drug-likeness (QED) is 0.790. The van der Waals surface area contributed by atoms with Crippen LogP contribution in [0.2, 0.25) is 0 Å². The Hall–Kier alpha value is -2.80. The summed E-state index contributed by atoms with van der Waals surface area (Å²) in [4.78, 5) is 14.2. The molecule has 1 unspecified atom stereocenters. The van der Waals surface area contributed by atoms with Crippen molar-refractivity contribution in [1.82, 2.24) is 0 Å². The van der Waals surface area contributed by atoms with Crippen molar-refractivity contribution in [3.8, 4) is 11.8 Å². The summed E-state index contributed by atoms with van der Waals surface area (Å²) in [7, 11) is 3.31. The molecule has 1 atom stereocenters. The Morgan fingerprint density at radius 3 is 2.29 bits per heavy atom. The maximum Gasteiger partial charge on any atom is 0.199 e. The minimum atomic E-state index is -0.860. The molecule has 0 aliphatic carbocycles. The molecule has 2 rings (SSSR count). The number of benzene rings is 2. The largest absolute Gasteiger partial charge is 0.497 e. The standard InChI is InChI=1S/C17H16N2O2/c1-19(14-6-4-3-5-7-14)16(12-18)17(20)13-8-10-15(21-2)11-9-13/h3-11,16H,1-2H3. The number of ether oxygens (including phenoxy) is 1. The summed E-state index contributed by atoms with van der Waals surface area (Å²) in [6.07, 6.45) is 0. The van der Waals surface area contributed by atoms with E-state index in [1.165, 1.54) is 0 Å². The Labute approximate surface area is 124 Å². The van der Waals surface area contributed by atoms with Crippen molar-refractivity contribution in [2.45, 2.75) is 6.04 Å². The Morgan fingerprint density at radius 2 is 1.76 bits per heavy atom. The van der Waals surface area contributed by atoms with E-state index in [4.69, 9.17) is 4.74 Å². The number of rotatable bonds is 5. The zero-order valence-corrected chi connectivity index (χ0v) is 12.0. The fourth-order valence-corrected chi connectivity index (χ4v) is 2.05. The third kappa shape index (κ3) is 3.21. The van der Waals surface area contributed by atoms with Crippen molar-refractivity contribution in [3.05, 3.63) is 60.2 Å². The molecule has 4 nitrogen and oxygen atoms in total. The van der Waals surface area contributed by atoms with Crippen LogP contribution in [0.25, 0.3) is 0 Å². The van der Waals surface area contributed by atoms with Gasteiger partial charge in [0.2, 0.25) is 0 Å². The lowest BCUT2D eigenvalue weighted by atomic mass is 10.0. The number of carbonyl (C=O) groups is 1. The third-order valence-corrected chi connectivity index (χ3v) is 3.30. The molecule has 2 aromatic carbocycles. The number of likely N-dealkylation sites (N-methyl/N-ethyl adjacent to an activating group) is 1. The Morgan fingerprint density at radius 1 is 1.14 bits per heavy atom. The highest BCUT2D eigenvalue weighted by Gasteiger charge is 2.24. The highest BCUT2D eigenvalue weighted by molar-refractivity contribution is 6.03. The van der Waals surface area contributed by atoms with Crippen molar-refractivity contribution < 1.29 is 9.53 Å². The van der Waals surface area contributed by atoms with Crippen LogP contribution >= 0.6 is 0 Å². The van der Waals surface area contributed by atoms with E-state index in [0.717, 1.165) is 5.69 Å². The SMILES string of the molecule is COc1ccc(C(=O)C(C#N)N(C)c2ccccc2)cc1. The molecule has 0 heterocycles.